The summed E-state index contributed by atoms with van der Waals surface area (Å²) in [6, 6.07) is 33.4. The molecule has 4 aromatic carbocycles. The fourth-order valence-electron chi connectivity index (χ4n) is 5.25. The Kier molecular flexibility index (Phi) is 10.6. The second kappa shape index (κ2) is 14.8. The first kappa shape index (κ1) is 30.2. The minimum atomic E-state index is -1.09. The van der Waals surface area contributed by atoms with E-state index < -0.39 is 30.5 Å². The van der Waals surface area contributed by atoms with Crippen LogP contribution in [0.3, 0.4) is 0 Å². The number of hydrogen-bond donors (Lipinski definition) is 2. The Bertz CT molecular complexity index is 1380. The Labute approximate surface area is 252 Å². The Morgan fingerprint density at radius 1 is 0.762 bits per heavy atom. The van der Waals surface area contributed by atoms with Crippen molar-refractivity contribution in [2.24, 2.45) is 0 Å². The van der Waals surface area contributed by atoms with Gasteiger partial charge in [-0.3, -0.25) is 0 Å². The number of aliphatic hydroxyl groups excluding tert-OH is 2. The average molecular weight is 589 g/mol. The van der Waals surface area contributed by atoms with Gasteiger partial charge in [0, 0.05) is 5.02 Å². The molecule has 1 aliphatic rings. The summed E-state index contributed by atoms with van der Waals surface area (Å²) in [5.74, 6) is 0.824. The van der Waals surface area contributed by atoms with E-state index in [4.69, 9.17) is 30.5 Å². The van der Waals surface area contributed by atoms with Crippen LogP contribution in [0.4, 0.5) is 0 Å². The molecule has 0 saturated carbocycles. The van der Waals surface area contributed by atoms with E-state index in [-0.39, 0.29) is 13.2 Å². The molecular formula is C35H37ClO6. The fourth-order valence-corrected chi connectivity index (χ4v) is 5.43. The smallest absolute Gasteiger partial charge is 0.119 e. The molecule has 5 atom stereocenters. The molecule has 1 fully saturated rings. The van der Waals surface area contributed by atoms with E-state index in [2.05, 4.69) is 0 Å². The van der Waals surface area contributed by atoms with Crippen molar-refractivity contribution >= 4 is 11.6 Å². The molecule has 0 amide bonds. The third-order valence-corrected chi connectivity index (χ3v) is 7.81. The second-order valence-electron chi connectivity index (χ2n) is 10.4. The molecule has 1 heterocycles. The lowest BCUT2D eigenvalue weighted by Crippen LogP contribution is -2.57. The first-order valence-corrected chi connectivity index (χ1v) is 14.7. The number of halogens is 1. The normalized spacial score (nSPS) is 22.1. The molecule has 0 unspecified atom stereocenters. The number of hydrogen-bond acceptors (Lipinski definition) is 6. The van der Waals surface area contributed by atoms with Crippen molar-refractivity contribution in [3.05, 3.63) is 136 Å². The summed E-state index contributed by atoms with van der Waals surface area (Å²) in [6.07, 6.45) is -3.36. The van der Waals surface area contributed by atoms with Gasteiger partial charge in [-0.1, -0.05) is 96.5 Å². The molecule has 0 aliphatic carbocycles. The number of aliphatic hydroxyl groups is 2. The van der Waals surface area contributed by atoms with Gasteiger partial charge in [-0.25, -0.2) is 0 Å². The molecule has 1 aliphatic heterocycles. The maximum Gasteiger partial charge on any atom is 0.119 e. The highest BCUT2D eigenvalue weighted by Gasteiger charge is 2.47. The van der Waals surface area contributed by atoms with Crippen molar-refractivity contribution in [3.8, 4) is 5.75 Å². The Hall–Kier alpha value is -3.23. The van der Waals surface area contributed by atoms with Crippen molar-refractivity contribution in [1.29, 1.82) is 0 Å². The first-order chi connectivity index (χ1) is 20.6. The summed E-state index contributed by atoms with van der Waals surface area (Å²) < 4.78 is 24.7. The molecular weight excluding hydrogens is 552 g/mol. The Morgan fingerprint density at radius 2 is 1.38 bits per heavy atom. The topological polar surface area (TPSA) is 77.4 Å². The molecule has 4 aromatic rings. The van der Waals surface area contributed by atoms with Crippen molar-refractivity contribution in [2.75, 3.05) is 13.2 Å². The lowest BCUT2D eigenvalue weighted by Gasteiger charge is -2.44. The van der Waals surface area contributed by atoms with Crippen LogP contribution >= 0.6 is 11.6 Å². The lowest BCUT2D eigenvalue weighted by molar-refractivity contribution is -0.260. The summed E-state index contributed by atoms with van der Waals surface area (Å²) in [6.45, 7) is 2.80. The highest BCUT2D eigenvalue weighted by Crippen LogP contribution is 2.38. The Balaban J connectivity index is 1.44. The molecule has 0 bridgehead atoms. The van der Waals surface area contributed by atoms with E-state index in [0.29, 0.717) is 24.7 Å². The molecule has 220 valence electrons. The van der Waals surface area contributed by atoms with E-state index in [1.807, 2.05) is 110 Å². The molecule has 42 heavy (non-hydrogen) atoms. The van der Waals surface area contributed by atoms with E-state index in [0.717, 1.165) is 33.6 Å². The van der Waals surface area contributed by atoms with Gasteiger partial charge in [0.15, 0.2) is 0 Å². The van der Waals surface area contributed by atoms with Crippen LogP contribution in [0, 0.1) is 0 Å². The number of rotatable bonds is 12. The van der Waals surface area contributed by atoms with Gasteiger partial charge in [0.25, 0.3) is 0 Å². The van der Waals surface area contributed by atoms with Gasteiger partial charge < -0.3 is 29.2 Å². The highest BCUT2D eigenvalue weighted by molar-refractivity contribution is 6.31. The number of benzene rings is 4. The predicted octanol–water partition coefficient (Wildman–Crippen LogP) is 6.29. The zero-order valence-electron chi connectivity index (χ0n) is 23.6. The van der Waals surface area contributed by atoms with Gasteiger partial charge in [0.05, 0.1) is 26.4 Å². The zero-order valence-corrected chi connectivity index (χ0v) is 24.4. The second-order valence-corrected chi connectivity index (χ2v) is 10.8. The maximum absolute atomic E-state index is 11.3. The highest BCUT2D eigenvalue weighted by atomic mass is 35.5. The number of ether oxygens (including phenoxy) is 4. The van der Waals surface area contributed by atoms with Gasteiger partial charge in [-0.05, 0) is 59.4 Å². The first-order valence-electron chi connectivity index (χ1n) is 14.3. The van der Waals surface area contributed by atoms with Crippen molar-refractivity contribution in [2.45, 2.75) is 57.1 Å². The molecule has 0 aromatic heterocycles. The van der Waals surface area contributed by atoms with Crippen LogP contribution in [-0.2, 0) is 33.8 Å². The lowest BCUT2D eigenvalue weighted by atomic mass is 9.89. The fraction of sp³-hybridized carbons (Fsp3) is 0.314. The summed E-state index contributed by atoms with van der Waals surface area (Å²) in [7, 11) is 0. The summed E-state index contributed by atoms with van der Waals surface area (Å²) in [5.41, 5.74) is 4.81. The summed E-state index contributed by atoms with van der Waals surface area (Å²) >= 11 is 6.67. The van der Waals surface area contributed by atoms with Crippen molar-refractivity contribution in [1.82, 2.24) is 0 Å². The van der Waals surface area contributed by atoms with E-state index >= 15 is 0 Å². The van der Waals surface area contributed by atoms with Crippen LogP contribution in [0.2, 0.25) is 5.02 Å². The monoisotopic (exact) mass is 588 g/mol. The minimum Gasteiger partial charge on any atom is -0.494 e. The van der Waals surface area contributed by atoms with Gasteiger partial charge in [0.2, 0.25) is 0 Å². The van der Waals surface area contributed by atoms with Crippen LogP contribution < -0.4 is 4.74 Å². The Morgan fingerprint density at radius 3 is 1.98 bits per heavy atom. The third kappa shape index (κ3) is 7.58. The van der Waals surface area contributed by atoms with Crippen LogP contribution in [0.25, 0.3) is 0 Å². The summed E-state index contributed by atoms with van der Waals surface area (Å²) in [5, 5.41) is 22.1. The van der Waals surface area contributed by atoms with Crippen molar-refractivity contribution in [3.63, 3.8) is 0 Å². The average Bonchev–Trinajstić information content (AvgIpc) is 3.02. The molecule has 1 saturated heterocycles. The molecule has 2 N–H and O–H groups in total. The quantitative estimate of drug-likeness (QED) is 0.202. The van der Waals surface area contributed by atoms with E-state index in [9.17, 15) is 10.2 Å². The van der Waals surface area contributed by atoms with Crippen LogP contribution in [0.15, 0.2) is 103 Å². The zero-order chi connectivity index (χ0) is 29.3. The van der Waals surface area contributed by atoms with E-state index in [1.165, 1.54) is 0 Å². The van der Waals surface area contributed by atoms with Gasteiger partial charge in [0.1, 0.15) is 36.3 Å². The standard InChI is InChI=1S/C35H37ClO6/c1-2-39-29-16-13-24(14-17-29)19-28-20-27(15-18-30(28)36)33-35(41-23-26-11-7-4-8-12-26)34(32(38)31(21-37)42-33)40-22-25-9-5-3-6-10-25/h3-18,20,31-35,37-38H,2,19,21-23H2,1H3/t31-,32-,33+,34+,35+/m1/s1. The van der Waals surface area contributed by atoms with Gasteiger partial charge >= 0.3 is 0 Å². The van der Waals surface area contributed by atoms with Crippen LogP contribution in [0.1, 0.15) is 40.8 Å². The van der Waals surface area contributed by atoms with E-state index in [1.54, 1.807) is 0 Å². The minimum absolute atomic E-state index is 0.280. The third-order valence-electron chi connectivity index (χ3n) is 7.44. The molecule has 5 rings (SSSR count). The molecule has 6 nitrogen and oxygen atoms in total. The van der Waals surface area contributed by atoms with Crippen LogP contribution in [-0.4, -0.2) is 47.8 Å². The van der Waals surface area contributed by atoms with Gasteiger partial charge in [-0.15, -0.1) is 0 Å². The van der Waals surface area contributed by atoms with Gasteiger partial charge in [-0.2, -0.15) is 0 Å². The SMILES string of the molecule is CCOc1ccc(Cc2cc([C@@H]3O[C@H](CO)[C@@H](O)[C@H](OCc4ccccc4)[C@H]3OCc3ccccc3)ccc2Cl)cc1. The summed E-state index contributed by atoms with van der Waals surface area (Å²) in [4.78, 5) is 0. The molecule has 7 heteroatoms. The van der Waals surface area contributed by atoms with Crippen molar-refractivity contribution < 1.29 is 29.2 Å². The largest absolute Gasteiger partial charge is 0.494 e. The van der Waals surface area contributed by atoms with Crippen LogP contribution in [0.5, 0.6) is 5.75 Å². The molecule has 0 spiro atoms. The molecule has 0 radical (unpaired) electrons. The predicted molar refractivity (Wildman–Crippen MR) is 163 cm³/mol. The maximum atomic E-state index is 11.3.